The van der Waals surface area contributed by atoms with E-state index in [0.29, 0.717) is 30.2 Å². The molecule has 0 spiro atoms. The summed E-state index contributed by atoms with van der Waals surface area (Å²) in [7, 11) is 1.57. The van der Waals surface area contributed by atoms with Crippen LogP contribution in [0.2, 0.25) is 0 Å². The summed E-state index contributed by atoms with van der Waals surface area (Å²) in [6.45, 7) is 0.646. The van der Waals surface area contributed by atoms with Crippen molar-refractivity contribution in [3.63, 3.8) is 0 Å². The number of aliphatic carboxylic acids is 1. The van der Waals surface area contributed by atoms with Crippen LogP contribution >= 0.6 is 0 Å². The average molecular weight is 276 g/mol. The first-order chi connectivity index (χ1) is 9.70. The van der Waals surface area contributed by atoms with E-state index in [1.54, 1.807) is 37.4 Å². The van der Waals surface area contributed by atoms with E-state index >= 15 is 0 Å². The van der Waals surface area contributed by atoms with Crippen molar-refractivity contribution < 1.29 is 19.2 Å². The fourth-order valence-corrected chi connectivity index (χ4v) is 1.85. The van der Waals surface area contributed by atoms with Gasteiger partial charge in [0.05, 0.1) is 5.69 Å². The molecule has 0 aliphatic rings. The van der Waals surface area contributed by atoms with Crippen LogP contribution in [-0.2, 0) is 22.7 Å². The molecule has 0 fully saturated rings. The molecule has 1 heterocycles. The summed E-state index contributed by atoms with van der Waals surface area (Å²) in [4.78, 5) is 11.3. The van der Waals surface area contributed by atoms with Gasteiger partial charge in [-0.1, -0.05) is 35.5 Å². The molecule has 0 amide bonds. The molecule has 6 nitrogen and oxygen atoms in total. The van der Waals surface area contributed by atoms with Crippen molar-refractivity contribution in [3.8, 4) is 0 Å². The van der Waals surface area contributed by atoms with Gasteiger partial charge in [-0.2, -0.15) is 0 Å². The Morgan fingerprint density at radius 2 is 2.20 bits per heavy atom. The molecule has 1 aromatic heterocycles. The third-order valence-corrected chi connectivity index (χ3v) is 2.76. The van der Waals surface area contributed by atoms with E-state index in [4.69, 9.17) is 9.26 Å². The van der Waals surface area contributed by atoms with Gasteiger partial charge in [0.25, 0.3) is 0 Å². The minimum atomic E-state index is -0.934. The Morgan fingerprint density at radius 1 is 1.45 bits per heavy atom. The predicted octanol–water partition coefficient (Wildman–Crippen LogP) is 1.74. The molecule has 6 heteroatoms. The lowest BCUT2D eigenvalue weighted by atomic mass is 10.1. The first-order valence-electron chi connectivity index (χ1n) is 6.15. The Labute approximate surface area is 116 Å². The summed E-state index contributed by atoms with van der Waals surface area (Å²) in [5, 5.41) is 16.1. The maximum absolute atomic E-state index is 11.3. The predicted molar refractivity (Wildman–Crippen MR) is 70.9 cm³/mol. The van der Waals surface area contributed by atoms with Gasteiger partial charge < -0.3 is 14.4 Å². The van der Waals surface area contributed by atoms with E-state index in [2.05, 4.69) is 10.5 Å². The number of aromatic nitrogens is 1. The number of carboxylic acid groups (broad SMARTS) is 1. The number of hydrogen-bond donors (Lipinski definition) is 2. The molecule has 0 saturated heterocycles. The van der Waals surface area contributed by atoms with Crippen molar-refractivity contribution in [1.82, 2.24) is 10.5 Å². The highest BCUT2D eigenvalue weighted by molar-refractivity contribution is 5.75. The fourth-order valence-electron chi connectivity index (χ4n) is 1.85. The fraction of sp³-hybridized carbons (Fsp3) is 0.286. The SMILES string of the molecule is COCc1cc(CNC(C(=O)O)c2ccccc2)no1. The van der Waals surface area contributed by atoms with Crippen LogP contribution in [0.4, 0.5) is 0 Å². The lowest BCUT2D eigenvalue weighted by Crippen LogP contribution is -2.28. The molecule has 0 aliphatic carbocycles. The van der Waals surface area contributed by atoms with Crippen molar-refractivity contribution >= 4 is 5.97 Å². The molecule has 1 atom stereocenters. The van der Waals surface area contributed by atoms with Gasteiger partial charge in [-0.05, 0) is 5.56 Å². The van der Waals surface area contributed by atoms with Crippen LogP contribution in [0.5, 0.6) is 0 Å². The zero-order chi connectivity index (χ0) is 14.4. The van der Waals surface area contributed by atoms with Crippen molar-refractivity contribution in [1.29, 1.82) is 0 Å². The Kier molecular flexibility index (Phi) is 4.86. The molecule has 0 bridgehead atoms. The van der Waals surface area contributed by atoms with Crippen molar-refractivity contribution in [2.24, 2.45) is 0 Å². The molecule has 2 aromatic rings. The van der Waals surface area contributed by atoms with Gasteiger partial charge in [-0.25, -0.2) is 0 Å². The highest BCUT2D eigenvalue weighted by Gasteiger charge is 2.19. The molecule has 1 aromatic carbocycles. The Hall–Kier alpha value is -2.18. The summed E-state index contributed by atoms with van der Waals surface area (Å²) >= 11 is 0. The van der Waals surface area contributed by atoms with Gasteiger partial charge in [0.2, 0.25) is 0 Å². The molecular formula is C14H16N2O4. The van der Waals surface area contributed by atoms with E-state index < -0.39 is 12.0 Å². The molecular weight excluding hydrogens is 260 g/mol. The maximum atomic E-state index is 11.3. The van der Waals surface area contributed by atoms with Crippen LogP contribution in [0, 0.1) is 0 Å². The molecule has 2 N–H and O–H groups in total. The monoisotopic (exact) mass is 276 g/mol. The topological polar surface area (TPSA) is 84.6 Å². The van der Waals surface area contributed by atoms with Crippen LogP contribution < -0.4 is 5.32 Å². The average Bonchev–Trinajstić information content (AvgIpc) is 2.88. The standard InChI is InChI=1S/C14H16N2O4/c1-19-9-12-7-11(16-20-12)8-15-13(14(17)18)10-5-3-2-4-6-10/h2-7,13,15H,8-9H2,1H3,(H,17,18). The van der Waals surface area contributed by atoms with Gasteiger partial charge in [-0.15, -0.1) is 0 Å². The third kappa shape index (κ3) is 3.66. The van der Waals surface area contributed by atoms with Crippen LogP contribution in [0.3, 0.4) is 0 Å². The largest absolute Gasteiger partial charge is 0.480 e. The van der Waals surface area contributed by atoms with Crippen molar-refractivity contribution in [2.45, 2.75) is 19.2 Å². The van der Waals surface area contributed by atoms with Gasteiger partial charge in [0.1, 0.15) is 12.6 Å². The Morgan fingerprint density at radius 3 is 2.85 bits per heavy atom. The summed E-state index contributed by atoms with van der Waals surface area (Å²) in [5.74, 6) is -0.326. The van der Waals surface area contributed by atoms with Gasteiger partial charge in [0, 0.05) is 19.7 Å². The molecule has 2 rings (SSSR count). The van der Waals surface area contributed by atoms with E-state index in [1.165, 1.54) is 0 Å². The normalized spacial score (nSPS) is 12.2. The van der Waals surface area contributed by atoms with Gasteiger partial charge >= 0.3 is 5.97 Å². The number of nitrogens with zero attached hydrogens (tertiary/aromatic N) is 1. The summed E-state index contributed by atoms with van der Waals surface area (Å²) in [5.41, 5.74) is 1.33. The summed E-state index contributed by atoms with van der Waals surface area (Å²) in [6.07, 6.45) is 0. The number of carboxylic acids is 1. The second-order valence-corrected chi connectivity index (χ2v) is 4.28. The first kappa shape index (κ1) is 14.2. The van der Waals surface area contributed by atoms with E-state index in [0.717, 1.165) is 0 Å². The lowest BCUT2D eigenvalue weighted by Gasteiger charge is -2.13. The number of nitrogens with one attached hydrogen (secondary N) is 1. The Bertz CT molecular complexity index is 553. The maximum Gasteiger partial charge on any atom is 0.325 e. The number of ether oxygens (including phenoxy) is 1. The first-order valence-corrected chi connectivity index (χ1v) is 6.15. The van der Waals surface area contributed by atoms with Crippen LogP contribution in [0.1, 0.15) is 23.1 Å². The van der Waals surface area contributed by atoms with E-state index in [1.807, 2.05) is 6.07 Å². The number of rotatable bonds is 7. The van der Waals surface area contributed by atoms with Crippen LogP contribution in [0.25, 0.3) is 0 Å². The second-order valence-electron chi connectivity index (χ2n) is 4.28. The number of hydrogen-bond acceptors (Lipinski definition) is 5. The zero-order valence-corrected chi connectivity index (χ0v) is 11.1. The van der Waals surface area contributed by atoms with Gasteiger partial charge in [0.15, 0.2) is 5.76 Å². The van der Waals surface area contributed by atoms with Crippen molar-refractivity contribution in [2.75, 3.05) is 7.11 Å². The minimum Gasteiger partial charge on any atom is -0.480 e. The molecule has 20 heavy (non-hydrogen) atoms. The highest BCUT2D eigenvalue weighted by Crippen LogP contribution is 2.14. The summed E-state index contributed by atoms with van der Waals surface area (Å²) in [6, 6.07) is 9.95. The van der Waals surface area contributed by atoms with Gasteiger partial charge in [-0.3, -0.25) is 10.1 Å². The molecule has 0 radical (unpaired) electrons. The van der Waals surface area contributed by atoms with Crippen LogP contribution in [0.15, 0.2) is 40.9 Å². The zero-order valence-electron chi connectivity index (χ0n) is 11.1. The number of benzene rings is 1. The van der Waals surface area contributed by atoms with Crippen molar-refractivity contribution in [3.05, 3.63) is 53.4 Å². The molecule has 0 aliphatic heterocycles. The quantitative estimate of drug-likeness (QED) is 0.801. The second kappa shape index (κ2) is 6.83. The Balaban J connectivity index is 2.00. The number of carbonyl (C=O) groups is 1. The number of methoxy groups -OCH3 is 1. The molecule has 1 unspecified atom stereocenters. The highest BCUT2D eigenvalue weighted by atomic mass is 16.5. The van der Waals surface area contributed by atoms with E-state index in [-0.39, 0.29) is 0 Å². The van der Waals surface area contributed by atoms with Crippen LogP contribution in [-0.4, -0.2) is 23.3 Å². The van der Waals surface area contributed by atoms with E-state index in [9.17, 15) is 9.90 Å². The minimum absolute atomic E-state index is 0.305. The summed E-state index contributed by atoms with van der Waals surface area (Å²) < 4.78 is 9.97. The molecule has 0 saturated carbocycles. The smallest absolute Gasteiger partial charge is 0.325 e. The molecule has 106 valence electrons. The lowest BCUT2D eigenvalue weighted by molar-refractivity contribution is -0.139. The third-order valence-electron chi connectivity index (χ3n) is 2.76.